The highest BCUT2D eigenvalue weighted by Crippen LogP contribution is 2.15. The zero-order valence-corrected chi connectivity index (χ0v) is 13.4. The molecule has 1 fully saturated rings. The third kappa shape index (κ3) is 4.49. The minimum atomic E-state index is 0.00919. The van der Waals surface area contributed by atoms with Crippen molar-refractivity contribution in [3.63, 3.8) is 0 Å². The second-order valence-corrected chi connectivity index (χ2v) is 5.21. The first-order valence-corrected chi connectivity index (χ1v) is 7.92. The lowest BCUT2D eigenvalue weighted by Crippen LogP contribution is -2.37. The number of ether oxygens (including phenoxy) is 1. The van der Waals surface area contributed by atoms with Crippen molar-refractivity contribution >= 4 is 17.8 Å². The lowest BCUT2D eigenvalue weighted by Gasteiger charge is -2.27. The van der Waals surface area contributed by atoms with Crippen LogP contribution in [0.4, 0.5) is 17.8 Å². The van der Waals surface area contributed by atoms with Gasteiger partial charge in [0.15, 0.2) is 0 Å². The summed E-state index contributed by atoms with van der Waals surface area (Å²) in [5.74, 6) is 1.50. The third-order valence-electron chi connectivity index (χ3n) is 3.47. The molecule has 1 aliphatic heterocycles. The van der Waals surface area contributed by atoms with Gasteiger partial charge in [-0.1, -0.05) is 6.07 Å². The Balaban J connectivity index is 1.75. The fraction of sp³-hybridized carbons (Fsp3) is 0.467. The number of aliphatic hydroxyl groups is 1. The maximum absolute atomic E-state index is 8.98. The fourth-order valence-electron chi connectivity index (χ4n) is 2.27. The number of rotatable bonds is 7. The highest BCUT2D eigenvalue weighted by molar-refractivity contribution is 5.44. The molecule has 0 atom stereocenters. The Labute approximate surface area is 140 Å². The Morgan fingerprint density at radius 2 is 1.88 bits per heavy atom. The van der Waals surface area contributed by atoms with E-state index in [0.717, 1.165) is 18.8 Å². The first-order chi connectivity index (χ1) is 11.8. The summed E-state index contributed by atoms with van der Waals surface area (Å²) in [5, 5.41) is 15.1. The van der Waals surface area contributed by atoms with Crippen molar-refractivity contribution in [3.8, 4) is 0 Å². The van der Waals surface area contributed by atoms with E-state index in [0.29, 0.717) is 44.1 Å². The number of aromatic nitrogens is 4. The molecule has 128 valence electrons. The van der Waals surface area contributed by atoms with Crippen molar-refractivity contribution in [2.45, 2.75) is 6.54 Å². The maximum atomic E-state index is 8.98. The second-order valence-electron chi connectivity index (χ2n) is 5.21. The molecule has 1 aliphatic rings. The van der Waals surface area contributed by atoms with Crippen molar-refractivity contribution < 1.29 is 9.84 Å². The minimum absolute atomic E-state index is 0.00919. The molecule has 0 amide bonds. The van der Waals surface area contributed by atoms with Gasteiger partial charge in [0.1, 0.15) is 0 Å². The van der Waals surface area contributed by atoms with Gasteiger partial charge in [0.2, 0.25) is 17.8 Å². The summed E-state index contributed by atoms with van der Waals surface area (Å²) in [7, 11) is 0. The standard InChI is InChI=1S/C15H21N7O2/c23-8-5-17-13-19-14(18-11-12-3-1-2-4-16-12)21-15(20-13)22-6-9-24-10-7-22/h1-4,23H,5-11H2,(H2,17,18,19,20,21). The van der Waals surface area contributed by atoms with Gasteiger partial charge in [0, 0.05) is 25.8 Å². The van der Waals surface area contributed by atoms with Gasteiger partial charge in [-0.3, -0.25) is 4.98 Å². The van der Waals surface area contributed by atoms with E-state index in [4.69, 9.17) is 9.84 Å². The molecule has 0 aliphatic carbocycles. The van der Waals surface area contributed by atoms with Crippen molar-refractivity contribution in [1.29, 1.82) is 0 Å². The van der Waals surface area contributed by atoms with Crippen molar-refractivity contribution in [2.24, 2.45) is 0 Å². The van der Waals surface area contributed by atoms with Gasteiger partial charge in [0.05, 0.1) is 32.1 Å². The molecular weight excluding hydrogens is 310 g/mol. The van der Waals surface area contributed by atoms with Crippen LogP contribution < -0.4 is 15.5 Å². The Bertz CT molecular complexity index is 635. The van der Waals surface area contributed by atoms with Crippen LogP contribution in [0.2, 0.25) is 0 Å². The predicted molar refractivity (Wildman–Crippen MR) is 90.0 cm³/mol. The Kier molecular flexibility index (Phi) is 5.70. The van der Waals surface area contributed by atoms with Gasteiger partial charge in [-0.15, -0.1) is 0 Å². The van der Waals surface area contributed by atoms with E-state index >= 15 is 0 Å². The van der Waals surface area contributed by atoms with Crippen LogP contribution in [0.1, 0.15) is 5.69 Å². The highest BCUT2D eigenvalue weighted by atomic mass is 16.5. The van der Waals surface area contributed by atoms with Crippen LogP contribution in [-0.4, -0.2) is 64.5 Å². The molecule has 3 heterocycles. The molecule has 9 heteroatoms. The summed E-state index contributed by atoms with van der Waals surface area (Å²) in [4.78, 5) is 19.6. The molecule has 1 saturated heterocycles. The van der Waals surface area contributed by atoms with E-state index in [2.05, 4.69) is 35.5 Å². The number of hydrogen-bond acceptors (Lipinski definition) is 9. The van der Waals surface area contributed by atoms with Crippen LogP contribution in [0, 0.1) is 0 Å². The van der Waals surface area contributed by atoms with Crippen LogP contribution in [0.3, 0.4) is 0 Å². The van der Waals surface area contributed by atoms with Gasteiger partial charge in [-0.2, -0.15) is 15.0 Å². The normalized spacial score (nSPS) is 14.5. The van der Waals surface area contributed by atoms with Crippen LogP contribution >= 0.6 is 0 Å². The quantitative estimate of drug-likeness (QED) is 0.652. The molecule has 0 bridgehead atoms. The second kappa shape index (κ2) is 8.37. The molecule has 3 N–H and O–H groups in total. The Morgan fingerprint density at radius 1 is 1.08 bits per heavy atom. The smallest absolute Gasteiger partial charge is 0.232 e. The van der Waals surface area contributed by atoms with Crippen molar-refractivity contribution in [3.05, 3.63) is 30.1 Å². The van der Waals surface area contributed by atoms with Gasteiger partial charge in [0.25, 0.3) is 0 Å². The lowest BCUT2D eigenvalue weighted by molar-refractivity contribution is 0.122. The average molecular weight is 331 g/mol. The highest BCUT2D eigenvalue weighted by Gasteiger charge is 2.16. The molecule has 24 heavy (non-hydrogen) atoms. The predicted octanol–water partition coefficient (Wildman–Crippen LogP) is 0.119. The first-order valence-electron chi connectivity index (χ1n) is 7.92. The molecule has 0 spiro atoms. The number of nitrogens with one attached hydrogen (secondary N) is 2. The minimum Gasteiger partial charge on any atom is -0.395 e. The maximum Gasteiger partial charge on any atom is 0.232 e. The summed E-state index contributed by atoms with van der Waals surface area (Å²) >= 11 is 0. The topological polar surface area (TPSA) is 108 Å². The monoisotopic (exact) mass is 331 g/mol. The van der Waals surface area contributed by atoms with Gasteiger partial charge >= 0.3 is 0 Å². The molecule has 3 rings (SSSR count). The number of nitrogens with zero attached hydrogens (tertiary/aromatic N) is 5. The van der Waals surface area contributed by atoms with Crippen molar-refractivity contribution in [1.82, 2.24) is 19.9 Å². The first kappa shape index (κ1) is 16.3. The van der Waals surface area contributed by atoms with Gasteiger partial charge < -0.3 is 25.4 Å². The number of anilines is 3. The van der Waals surface area contributed by atoms with Crippen LogP contribution in [0.5, 0.6) is 0 Å². The molecule has 0 aromatic carbocycles. The van der Waals surface area contributed by atoms with Crippen LogP contribution in [0.25, 0.3) is 0 Å². The summed E-state index contributed by atoms with van der Waals surface area (Å²) in [5.41, 5.74) is 0.899. The summed E-state index contributed by atoms with van der Waals surface area (Å²) in [6.45, 7) is 3.70. The molecule has 2 aromatic rings. The number of pyridine rings is 1. The fourth-order valence-corrected chi connectivity index (χ4v) is 2.27. The van der Waals surface area contributed by atoms with E-state index in [1.165, 1.54) is 0 Å². The SMILES string of the molecule is OCCNc1nc(NCc2ccccn2)nc(N2CCOCC2)n1. The molecule has 0 unspecified atom stereocenters. The summed E-state index contributed by atoms with van der Waals surface area (Å²) in [6, 6.07) is 5.74. The molecule has 0 radical (unpaired) electrons. The zero-order valence-electron chi connectivity index (χ0n) is 13.4. The van der Waals surface area contributed by atoms with Crippen molar-refractivity contribution in [2.75, 3.05) is 55.0 Å². The summed E-state index contributed by atoms with van der Waals surface area (Å²) in [6.07, 6.45) is 1.75. The largest absolute Gasteiger partial charge is 0.395 e. The number of hydrogen-bond donors (Lipinski definition) is 3. The third-order valence-corrected chi connectivity index (χ3v) is 3.47. The van der Waals surface area contributed by atoms with E-state index in [-0.39, 0.29) is 6.61 Å². The Hall–Kier alpha value is -2.52. The van der Waals surface area contributed by atoms with Crippen LogP contribution in [-0.2, 0) is 11.3 Å². The van der Waals surface area contributed by atoms with E-state index in [9.17, 15) is 0 Å². The average Bonchev–Trinajstić information content (AvgIpc) is 2.66. The Morgan fingerprint density at radius 3 is 2.58 bits per heavy atom. The summed E-state index contributed by atoms with van der Waals surface area (Å²) < 4.78 is 5.37. The van der Waals surface area contributed by atoms with E-state index < -0.39 is 0 Å². The van der Waals surface area contributed by atoms with E-state index in [1.807, 2.05) is 18.2 Å². The lowest BCUT2D eigenvalue weighted by atomic mass is 10.3. The molecule has 2 aromatic heterocycles. The number of aliphatic hydroxyl groups excluding tert-OH is 1. The molecule has 9 nitrogen and oxygen atoms in total. The van der Waals surface area contributed by atoms with Gasteiger partial charge in [-0.25, -0.2) is 0 Å². The number of morpholine rings is 1. The van der Waals surface area contributed by atoms with Gasteiger partial charge in [-0.05, 0) is 12.1 Å². The van der Waals surface area contributed by atoms with E-state index in [1.54, 1.807) is 6.20 Å². The molecule has 0 saturated carbocycles. The molecular formula is C15H21N7O2. The van der Waals surface area contributed by atoms with Crippen LogP contribution in [0.15, 0.2) is 24.4 Å². The zero-order chi connectivity index (χ0) is 16.6.